The molecule has 0 radical (unpaired) electrons. The van der Waals surface area contributed by atoms with E-state index in [0.29, 0.717) is 26.2 Å². The largest absolute Gasteiger partial charge is 0.494 e. The molecular formula is C24H31N3O3. The topological polar surface area (TPSA) is 63.5 Å². The van der Waals surface area contributed by atoms with Gasteiger partial charge in [-0.15, -0.1) is 0 Å². The molecule has 0 saturated heterocycles. The van der Waals surface area contributed by atoms with Crippen LogP contribution in [0.25, 0.3) is 0 Å². The molecule has 1 aromatic carbocycles. The first-order valence-corrected chi connectivity index (χ1v) is 10.3. The first kappa shape index (κ1) is 23.1. The van der Waals surface area contributed by atoms with Crippen molar-refractivity contribution in [2.24, 2.45) is 9.98 Å². The number of hydrogen-bond donors (Lipinski definition) is 0. The van der Waals surface area contributed by atoms with Crippen molar-refractivity contribution in [3.63, 3.8) is 0 Å². The predicted molar refractivity (Wildman–Crippen MR) is 124 cm³/mol. The van der Waals surface area contributed by atoms with E-state index in [2.05, 4.69) is 21.5 Å². The van der Waals surface area contributed by atoms with Crippen LogP contribution in [0.3, 0.4) is 0 Å². The van der Waals surface area contributed by atoms with E-state index >= 15 is 0 Å². The van der Waals surface area contributed by atoms with Gasteiger partial charge in [-0.1, -0.05) is 30.9 Å². The van der Waals surface area contributed by atoms with Gasteiger partial charge in [-0.25, -0.2) is 4.99 Å². The van der Waals surface area contributed by atoms with Crippen LogP contribution in [0.5, 0.6) is 5.75 Å². The number of anilines is 1. The Hall–Kier alpha value is -3.15. The molecule has 0 unspecified atom stereocenters. The van der Waals surface area contributed by atoms with Crippen LogP contribution in [0.15, 0.2) is 70.7 Å². The number of allylic oxidation sites excluding steroid dienone is 4. The SMILES string of the molecule is C=C/C=C\C=C1/CN=C(C)N=C1N(C)c1ccc(OCCCCC(=O)OCC)cc1. The van der Waals surface area contributed by atoms with Gasteiger partial charge in [-0.2, -0.15) is 0 Å². The molecule has 2 rings (SSSR count). The maximum atomic E-state index is 11.3. The normalized spacial score (nSPS) is 15.0. The summed E-state index contributed by atoms with van der Waals surface area (Å²) < 4.78 is 10.7. The van der Waals surface area contributed by atoms with Gasteiger partial charge in [0.15, 0.2) is 0 Å². The van der Waals surface area contributed by atoms with Crippen molar-refractivity contribution in [2.45, 2.75) is 33.1 Å². The minimum absolute atomic E-state index is 0.149. The number of amidine groups is 2. The third-order valence-corrected chi connectivity index (χ3v) is 4.47. The lowest BCUT2D eigenvalue weighted by molar-refractivity contribution is -0.143. The summed E-state index contributed by atoms with van der Waals surface area (Å²) in [4.78, 5) is 22.4. The lowest BCUT2D eigenvalue weighted by Crippen LogP contribution is -2.31. The maximum absolute atomic E-state index is 11.3. The average molecular weight is 410 g/mol. The molecule has 1 aliphatic heterocycles. The molecule has 1 aliphatic rings. The van der Waals surface area contributed by atoms with Gasteiger partial charge in [-0.05, 0) is 51.0 Å². The van der Waals surface area contributed by atoms with Crippen LogP contribution in [0, 0.1) is 0 Å². The molecule has 1 heterocycles. The highest BCUT2D eigenvalue weighted by Crippen LogP contribution is 2.22. The van der Waals surface area contributed by atoms with Crippen LogP contribution in [0.2, 0.25) is 0 Å². The Morgan fingerprint density at radius 3 is 2.70 bits per heavy atom. The fourth-order valence-electron chi connectivity index (χ4n) is 2.88. The summed E-state index contributed by atoms with van der Waals surface area (Å²) >= 11 is 0. The minimum atomic E-state index is -0.149. The Balaban J connectivity index is 1.93. The number of carbonyl (C=O) groups excluding carboxylic acids is 1. The van der Waals surface area contributed by atoms with Gasteiger partial charge in [0.05, 0.1) is 19.8 Å². The number of nitrogens with zero attached hydrogens (tertiary/aromatic N) is 3. The molecule has 0 amide bonds. The highest BCUT2D eigenvalue weighted by Gasteiger charge is 2.17. The van der Waals surface area contributed by atoms with Gasteiger partial charge in [0, 0.05) is 24.7 Å². The molecule has 1 aromatic rings. The Morgan fingerprint density at radius 1 is 1.23 bits per heavy atom. The van der Waals surface area contributed by atoms with Gasteiger partial charge in [0.2, 0.25) is 0 Å². The summed E-state index contributed by atoms with van der Waals surface area (Å²) in [7, 11) is 1.99. The summed E-state index contributed by atoms with van der Waals surface area (Å²) in [6.45, 7) is 9.01. The standard InChI is InChI=1S/C24H31N3O3/c1-5-7-8-11-20-18-25-19(3)26-24(20)27(4)21-13-15-22(16-14-21)30-17-10-9-12-23(28)29-6-2/h5,7-8,11,13-16H,1,6,9-10,12,17-18H2,2-4H3/b8-7-,20-11+. The molecule has 0 aliphatic carbocycles. The first-order chi connectivity index (χ1) is 14.5. The molecule has 6 heteroatoms. The molecule has 0 aromatic heterocycles. The van der Waals surface area contributed by atoms with Gasteiger partial charge < -0.3 is 14.4 Å². The predicted octanol–water partition coefficient (Wildman–Crippen LogP) is 4.73. The summed E-state index contributed by atoms with van der Waals surface area (Å²) in [5.74, 6) is 2.30. The third kappa shape index (κ3) is 7.35. The summed E-state index contributed by atoms with van der Waals surface area (Å²) in [5, 5.41) is 0. The highest BCUT2D eigenvalue weighted by molar-refractivity contribution is 6.15. The molecular weight excluding hydrogens is 378 g/mol. The van der Waals surface area contributed by atoms with Gasteiger partial charge >= 0.3 is 5.97 Å². The number of aliphatic imine (C=N–C) groups is 2. The van der Waals surface area contributed by atoms with E-state index in [1.165, 1.54) is 0 Å². The minimum Gasteiger partial charge on any atom is -0.494 e. The zero-order valence-corrected chi connectivity index (χ0v) is 18.1. The molecule has 0 fully saturated rings. The number of carbonyl (C=O) groups is 1. The molecule has 0 bridgehead atoms. The Kier molecular flexibility index (Phi) is 9.58. The number of ether oxygens (including phenoxy) is 2. The average Bonchev–Trinajstić information content (AvgIpc) is 2.75. The second-order valence-corrected chi connectivity index (χ2v) is 6.77. The first-order valence-electron chi connectivity index (χ1n) is 10.3. The number of benzene rings is 1. The molecule has 0 saturated carbocycles. The monoisotopic (exact) mass is 409 g/mol. The van der Waals surface area contributed by atoms with E-state index in [-0.39, 0.29) is 5.97 Å². The van der Waals surface area contributed by atoms with Crippen LogP contribution in [-0.4, -0.2) is 44.4 Å². The smallest absolute Gasteiger partial charge is 0.305 e. The second-order valence-electron chi connectivity index (χ2n) is 6.77. The van der Waals surface area contributed by atoms with Gasteiger partial charge in [0.1, 0.15) is 17.4 Å². The fraction of sp³-hybridized carbons (Fsp3) is 0.375. The van der Waals surface area contributed by atoms with E-state index < -0.39 is 0 Å². The van der Waals surface area contributed by atoms with Crippen molar-refractivity contribution >= 4 is 23.3 Å². The van der Waals surface area contributed by atoms with Crippen molar-refractivity contribution in [2.75, 3.05) is 31.7 Å². The number of unbranched alkanes of at least 4 members (excludes halogenated alkanes) is 1. The lowest BCUT2D eigenvalue weighted by Gasteiger charge is -2.25. The van der Waals surface area contributed by atoms with Gasteiger partial charge in [0.25, 0.3) is 0 Å². The van der Waals surface area contributed by atoms with E-state index in [4.69, 9.17) is 9.47 Å². The Labute approximate surface area is 179 Å². The Morgan fingerprint density at radius 2 is 2.00 bits per heavy atom. The van der Waals surface area contributed by atoms with Crippen molar-refractivity contribution in [1.29, 1.82) is 0 Å². The van der Waals surface area contributed by atoms with Crippen molar-refractivity contribution in [1.82, 2.24) is 0 Å². The number of rotatable bonds is 10. The van der Waals surface area contributed by atoms with Crippen molar-refractivity contribution in [3.05, 3.63) is 60.7 Å². The van der Waals surface area contributed by atoms with Crippen LogP contribution in [0.1, 0.15) is 33.1 Å². The number of likely N-dealkylation sites (N-methyl/N-ethyl adjacent to an activating group) is 1. The third-order valence-electron chi connectivity index (χ3n) is 4.47. The second kappa shape index (κ2) is 12.4. The maximum Gasteiger partial charge on any atom is 0.305 e. The summed E-state index contributed by atoms with van der Waals surface area (Å²) in [6.07, 6.45) is 9.59. The van der Waals surface area contributed by atoms with Crippen molar-refractivity contribution in [3.8, 4) is 5.75 Å². The molecule has 0 N–H and O–H groups in total. The highest BCUT2D eigenvalue weighted by atomic mass is 16.5. The lowest BCUT2D eigenvalue weighted by atomic mass is 10.1. The zero-order valence-electron chi connectivity index (χ0n) is 18.1. The number of hydrogen-bond acceptors (Lipinski definition) is 6. The summed E-state index contributed by atoms with van der Waals surface area (Å²) in [6, 6.07) is 7.91. The molecule has 0 atom stereocenters. The van der Waals surface area contributed by atoms with E-state index in [1.54, 1.807) is 6.08 Å². The van der Waals surface area contributed by atoms with Crippen LogP contribution in [-0.2, 0) is 9.53 Å². The van der Waals surface area contributed by atoms with E-state index in [0.717, 1.165) is 41.5 Å². The van der Waals surface area contributed by atoms with Crippen molar-refractivity contribution < 1.29 is 14.3 Å². The molecule has 30 heavy (non-hydrogen) atoms. The van der Waals surface area contributed by atoms with E-state index in [1.807, 2.05) is 63.4 Å². The van der Waals surface area contributed by atoms with Gasteiger partial charge in [-0.3, -0.25) is 9.79 Å². The molecule has 6 nitrogen and oxygen atoms in total. The molecule has 0 spiro atoms. The zero-order chi connectivity index (χ0) is 21.8. The van der Waals surface area contributed by atoms with Crippen LogP contribution < -0.4 is 9.64 Å². The van der Waals surface area contributed by atoms with Crippen LogP contribution in [0.4, 0.5) is 5.69 Å². The van der Waals surface area contributed by atoms with Crippen LogP contribution >= 0.6 is 0 Å². The Bertz CT molecular complexity index is 836. The van der Waals surface area contributed by atoms with E-state index in [9.17, 15) is 4.79 Å². The fourth-order valence-corrected chi connectivity index (χ4v) is 2.88. The summed E-state index contributed by atoms with van der Waals surface area (Å²) in [5.41, 5.74) is 2.06. The molecule has 160 valence electrons. The number of esters is 1. The quantitative estimate of drug-likeness (QED) is 0.318.